The zero-order chi connectivity index (χ0) is 17.5. The number of hydrogen-bond acceptors (Lipinski definition) is 3. The summed E-state index contributed by atoms with van der Waals surface area (Å²) >= 11 is 0. The van der Waals surface area contributed by atoms with Crippen LogP contribution in [-0.4, -0.2) is 51.8 Å². The summed E-state index contributed by atoms with van der Waals surface area (Å²) in [5.74, 6) is 1.21. The maximum absolute atomic E-state index is 12.0. The van der Waals surface area contributed by atoms with Crippen molar-refractivity contribution in [2.75, 3.05) is 39.9 Å². The molecule has 0 aromatic heterocycles. The Balaban J connectivity index is 0.00000576. The molecule has 1 aliphatic rings. The third-order valence-electron chi connectivity index (χ3n) is 4.32. The molecule has 1 fully saturated rings. The van der Waals surface area contributed by atoms with Crippen LogP contribution in [0, 0.1) is 5.92 Å². The average molecular weight is 468 g/mol. The number of guanidine groups is 1. The quantitative estimate of drug-likeness (QED) is 0.189. The third-order valence-corrected chi connectivity index (χ3v) is 4.32. The van der Waals surface area contributed by atoms with Gasteiger partial charge in [0.15, 0.2) is 5.96 Å². The Hall–Kier alpha value is -0.570. The lowest BCUT2D eigenvalue weighted by Gasteiger charge is -2.21. The Morgan fingerprint density at radius 1 is 1.00 bits per heavy atom. The molecule has 3 N–H and O–H groups in total. The van der Waals surface area contributed by atoms with Crippen LogP contribution in [-0.2, 0) is 9.53 Å². The predicted octanol–water partition coefficient (Wildman–Crippen LogP) is 2.67. The van der Waals surface area contributed by atoms with E-state index in [0.29, 0.717) is 13.1 Å². The number of nitrogens with one attached hydrogen (secondary N) is 3. The molecule has 0 aliphatic heterocycles. The fraction of sp³-hybridized carbons (Fsp3) is 0.889. The molecule has 1 amide bonds. The van der Waals surface area contributed by atoms with Crippen LogP contribution in [0.3, 0.4) is 0 Å². The second-order valence-corrected chi connectivity index (χ2v) is 6.37. The average Bonchev–Trinajstić information content (AvgIpc) is 2.63. The summed E-state index contributed by atoms with van der Waals surface area (Å²) in [4.78, 5) is 16.2. The summed E-state index contributed by atoms with van der Waals surface area (Å²) in [5.41, 5.74) is 0. The van der Waals surface area contributed by atoms with E-state index in [0.717, 1.165) is 51.4 Å². The minimum absolute atomic E-state index is 0. The molecule has 0 aromatic rings. The van der Waals surface area contributed by atoms with Crippen LogP contribution in [0.1, 0.15) is 58.3 Å². The molecule has 6 nitrogen and oxygen atoms in total. The lowest BCUT2D eigenvalue weighted by Crippen LogP contribution is -2.43. The van der Waals surface area contributed by atoms with Gasteiger partial charge in [0, 0.05) is 45.8 Å². The molecule has 0 spiro atoms. The summed E-state index contributed by atoms with van der Waals surface area (Å²) in [5, 5.41) is 9.50. The van der Waals surface area contributed by atoms with Crippen LogP contribution in [0.2, 0.25) is 0 Å². The number of nitrogens with zero attached hydrogens (tertiary/aromatic N) is 1. The Morgan fingerprint density at radius 3 is 2.32 bits per heavy atom. The van der Waals surface area contributed by atoms with Crippen LogP contribution >= 0.6 is 24.0 Å². The number of carbonyl (C=O) groups is 1. The van der Waals surface area contributed by atoms with Gasteiger partial charge in [0.05, 0.1) is 0 Å². The number of rotatable bonds is 11. The first-order valence-corrected chi connectivity index (χ1v) is 9.58. The standard InChI is InChI=1S/C18H36N4O2.HI/c1-3-4-14-24-15-8-11-21-18(19-2)22-13-12-20-17(23)16-9-6-5-7-10-16;/h16H,3-15H2,1-2H3,(H,20,23)(H2,19,21,22);1H. The van der Waals surface area contributed by atoms with Crippen molar-refractivity contribution in [3.8, 4) is 0 Å². The van der Waals surface area contributed by atoms with Crippen molar-refractivity contribution in [2.24, 2.45) is 10.9 Å². The number of aliphatic imine (C=N–C) groups is 1. The summed E-state index contributed by atoms with van der Waals surface area (Å²) < 4.78 is 5.52. The SMILES string of the molecule is CCCCOCCCNC(=NC)NCCNC(=O)C1CCCCC1.I. The van der Waals surface area contributed by atoms with Crippen LogP contribution in [0.25, 0.3) is 0 Å². The van der Waals surface area contributed by atoms with Crippen molar-refractivity contribution in [3.05, 3.63) is 0 Å². The van der Waals surface area contributed by atoms with Crippen molar-refractivity contribution >= 4 is 35.8 Å². The van der Waals surface area contributed by atoms with E-state index < -0.39 is 0 Å². The van der Waals surface area contributed by atoms with Crippen LogP contribution in [0.15, 0.2) is 4.99 Å². The fourth-order valence-corrected chi connectivity index (χ4v) is 2.83. The van der Waals surface area contributed by atoms with E-state index in [1.54, 1.807) is 7.05 Å². The number of carbonyl (C=O) groups excluding carboxylic acids is 1. The first-order chi connectivity index (χ1) is 11.8. The molecule has 7 heteroatoms. The molecule has 0 heterocycles. The minimum Gasteiger partial charge on any atom is -0.381 e. The molecule has 0 atom stereocenters. The normalized spacial score (nSPS) is 15.4. The van der Waals surface area contributed by atoms with Gasteiger partial charge in [-0.25, -0.2) is 0 Å². The zero-order valence-corrected chi connectivity index (χ0v) is 18.3. The van der Waals surface area contributed by atoms with Crippen molar-refractivity contribution in [1.29, 1.82) is 0 Å². The second-order valence-electron chi connectivity index (χ2n) is 6.37. The van der Waals surface area contributed by atoms with Gasteiger partial charge in [0.2, 0.25) is 5.91 Å². The monoisotopic (exact) mass is 468 g/mol. The predicted molar refractivity (Wildman–Crippen MR) is 115 cm³/mol. The number of amides is 1. The van der Waals surface area contributed by atoms with Crippen molar-refractivity contribution in [2.45, 2.75) is 58.3 Å². The molecule has 0 unspecified atom stereocenters. The summed E-state index contributed by atoms with van der Waals surface area (Å²) in [6.45, 7) is 5.95. The summed E-state index contributed by atoms with van der Waals surface area (Å²) in [6.07, 6.45) is 9.00. The number of hydrogen-bond donors (Lipinski definition) is 3. The van der Waals surface area contributed by atoms with Crippen LogP contribution in [0.5, 0.6) is 0 Å². The molecule has 0 saturated heterocycles. The van der Waals surface area contributed by atoms with Gasteiger partial charge >= 0.3 is 0 Å². The van der Waals surface area contributed by atoms with Gasteiger partial charge in [-0.15, -0.1) is 24.0 Å². The first-order valence-electron chi connectivity index (χ1n) is 9.58. The highest BCUT2D eigenvalue weighted by Crippen LogP contribution is 2.23. The van der Waals surface area contributed by atoms with Gasteiger partial charge in [-0.3, -0.25) is 9.79 Å². The van der Waals surface area contributed by atoms with Gasteiger partial charge in [0.1, 0.15) is 0 Å². The number of halogens is 1. The molecular weight excluding hydrogens is 431 g/mol. The molecule has 148 valence electrons. The highest BCUT2D eigenvalue weighted by atomic mass is 127. The Kier molecular flexibility index (Phi) is 16.5. The lowest BCUT2D eigenvalue weighted by molar-refractivity contribution is -0.125. The second kappa shape index (κ2) is 16.9. The molecule has 1 aliphatic carbocycles. The zero-order valence-electron chi connectivity index (χ0n) is 15.9. The van der Waals surface area contributed by atoms with Crippen molar-refractivity contribution < 1.29 is 9.53 Å². The van der Waals surface area contributed by atoms with Gasteiger partial charge in [-0.05, 0) is 25.7 Å². The molecule has 0 aromatic carbocycles. The maximum atomic E-state index is 12.0. The number of ether oxygens (including phenoxy) is 1. The van der Waals surface area contributed by atoms with Gasteiger partial charge in [-0.1, -0.05) is 32.6 Å². The fourth-order valence-electron chi connectivity index (χ4n) is 2.83. The topological polar surface area (TPSA) is 74.8 Å². The molecule has 1 rings (SSSR count). The first kappa shape index (κ1) is 24.4. The number of unbranched alkanes of at least 4 members (excludes halogenated alkanes) is 1. The van der Waals surface area contributed by atoms with Gasteiger partial charge in [0.25, 0.3) is 0 Å². The van der Waals surface area contributed by atoms with Crippen molar-refractivity contribution in [1.82, 2.24) is 16.0 Å². The highest BCUT2D eigenvalue weighted by Gasteiger charge is 2.20. The van der Waals surface area contributed by atoms with Gasteiger partial charge < -0.3 is 20.7 Å². The van der Waals surface area contributed by atoms with E-state index in [9.17, 15) is 4.79 Å². The molecule has 0 bridgehead atoms. The molecule has 25 heavy (non-hydrogen) atoms. The van der Waals surface area contributed by atoms with E-state index >= 15 is 0 Å². The van der Waals surface area contributed by atoms with Crippen molar-refractivity contribution in [3.63, 3.8) is 0 Å². The van der Waals surface area contributed by atoms with E-state index in [1.165, 1.54) is 25.7 Å². The van der Waals surface area contributed by atoms with E-state index in [4.69, 9.17) is 4.74 Å². The Labute approximate surface area is 170 Å². The van der Waals surface area contributed by atoms with Crippen LogP contribution in [0.4, 0.5) is 0 Å². The Morgan fingerprint density at radius 2 is 1.64 bits per heavy atom. The summed E-state index contributed by atoms with van der Waals surface area (Å²) in [6, 6.07) is 0. The minimum atomic E-state index is 0. The maximum Gasteiger partial charge on any atom is 0.223 e. The Bertz CT molecular complexity index is 361. The molecule has 0 radical (unpaired) electrons. The third kappa shape index (κ3) is 12.4. The summed E-state index contributed by atoms with van der Waals surface area (Å²) in [7, 11) is 1.76. The van der Waals surface area contributed by atoms with Crippen LogP contribution < -0.4 is 16.0 Å². The lowest BCUT2D eigenvalue weighted by atomic mass is 9.89. The van der Waals surface area contributed by atoms with E-state index in [2.05, 4.69) is 27.9 Å². The van der Waals surface area contributed by atoms with E-state index in [-0.39, 0.29) is 35.8 Å². The molecule has 1 saturated carbocycles. The van der Waals surface area contributed by atoms with Gasteiger partial charge in [-0.2, -0.15) is 0 Å². The highest BCUT2D eigenvalue weighted by molar-refractivity contribution is 14.0. The largest absolute Gasteiger partial charge is 0.381 e. The molecular formula is C18H37IN4O2. The van der Waals surface area contributed by atoms with E-state index in [1.807, 2.05) is 0 Å². The smallest absolute Gasteiger partial charge is 0.223 e.